The SMILES string of the molecule is CCOC(=O)COCCN1CC(C)CC(C)C1C. The fourth-order valence-electron chi connectivity index (χ4n) is 2.67. The van der Waals surface area contributed by atoms with Crippen molar-refractivity contribution >= 4 is 5.97 Å². The highest BCUT2D eigenvalue weighted by atomic mass is 16.6. The Balaban J connectivity index is 2.19. The maximum Gasteiger partial charge on any atom is 0.332 e. The standard InChI is InChI=1S/C14H27NO3/c1-5-18-14(16)10-17-7-6-15-9-11(2)8-12(3)13(15)4/h11-13H,5-10H2,1-4H3. The van der Waals surface area contributed by atoms with E-state index in [2.05, 4.69) is 25.7 Å². The molecule has 1 saturated heterocycles. The van der Waals surface area contributed by atoms with Crippen molar-refractivity contribution in [1.29, 1.82) is 0 Å². The zero-order valence-corrected chi connectivity index (χ0v) is 12.1. The summed E-state index contributed by atoms with van der Waals surface area (Å²) in [6, 6.07) is 0.604. The lowest BCUT2D eigenvalue weighted by Crippen LogP contribution is -2.47. The third-order valence-corrected chi connectivity index (χ3v) is 3.77. The maximum absolute atomic E-state index is 11.1. The quantitative estimate of drug-likeness (QED) is 0.538. The van der Waals surface area contributed by atoms with Crippen LogP contribution < -0.4 is 0 Å². The lowest BCUT2D eigenvalue weighted by molar-refractivity contribution is -0.148. The molecule has 0 aromatic carbocycles. The second-order valence-electron chi connectivity index (χ2n) is 5.41. The van der Waals surface area contributed by atoms with Crippen LogP contribution in [0.2, 0.25) is 0 Å². The van der Waals surface area contributed by atoms with E-state index in [1.807, 2.05) is 0 Å². The smallest absolute Gasteiger partial charge is 0.332 e. The van der Waals surface area contributed by atoms with E-state index >= 15 is 0 Å². The van der Waals surface area contributed by atoms with Crippen LogP contribution >= 0.6 is 0 Å². The van der Waals surface area contributed by atoms with Gasteiger partial charge in [0.15, 0.2) is 0 Å². The molecule has 3 unspecified atom stereocenters. The predicted octanol–water partition coefficient (Wildman–Crippen LogP) is 1.93. The van der Waals surface area contributed by atoms with Gasteiger partial charge >= 0.3 is 5.97 Å². The molecule has 1 heterocycles. The van der Waals surface area contributed by atoms with Crippen LogP contribution in [0.5, 0.6) is 0 Å². The first-order valence-corrected chi connectivity index (χ1v) is 7.02. The second-order valence-corrected chi connectivity index (χ2v) is 5.41. The molecule has 1 aliphatic rings. The van der Waals surface area contributed by atoms with Gasteiger partial charge in [0.2, 0.25) is 0 Å². The molecule has 0 saturated carbocycles. The first kappa shape index (κ1) is 15.4. The molecule has 0 amide bonds. The van der Waals surface area contributed by atoms with Gasteiger partial charge in [-0.25, -0.2) is 4.79 Å². The number of likely N-dealkylation sites (tertiary alicyclic amines) is 1. The lowest BCUT2D eigenvalue weighted by atomic mass is 9.86. The Kier molecular flexibility index (Phi) is 6.65. The monoisotopic (exact) mass is 257 g/mol. The van der Waals surface area contributed by atoms with Gasteiger partial charge in [-0.1, -0.05) is 13.8 Å². The van der Waals surface area contributed by atoms with Crippen molar-refractivity contribution in [2.45, 2.75) is 40.2 Å². The van der Waals surface area contributed by atoms with Gasteiger partial charge in [0.05, 0.1) is 13.2 Å². The van der Waals surface area contributed by atoms with Crippen molar-refractivity contribution in [2.75, 3.05) is 32.9 Å². The summed E-state index contributed by atoms with van der Waals surface area (Å²) in [5.41, 5.74) is 0. The van der Waals surface area contributed by atoms with E-state index in [1.54, 1.807) is 6.92 Å². The van der Waals surface area contributed by atoms with Crippen molar-refractivity contribution < 1.29 is 14.3 Å². The largest absolute Gasteiger partial charge is 0.464 e. The van der Waals surface area contributed by atoms with Gasteiger partial charge in [0, 0.05) is 19.1 Å². The fourth-order valence-corrected chi connectivity index (χ4v) is 2.67. The number of ether oxygens (including phenoxy) is 2. The van der Waals surface area contributed by atoms with Gasteiger partial charge in [-0.3, -0.25) is 4.90 Å². The molecule has 0 aliphatic carbocycles. The number of esters is 1. The number of hydrogen-bond donors (Lipinski definition) is 0. The molecule has 0 radical (unpaired) electrons. The fraction of sp³-hybridized carbons (Fsp3) is 0.929. The van der Waals surface area contributed by atoms with Crippen LogP contribution in [0.3, 0.4) is 0 Å². The molecular weight excluding hydrogens is 230 g/mol. The Hall–Kier alpha value is -0.610. The molecule has 0 N–H and O–H groups in total. The molecule has 18 heavy (non-hydrogen) atoms. The number of carbonyl (C=O) groups is 1. The van der Waals surface area contributed by atoms with Gasteiger partial charge < -0.3 is 9.47 Å². The molecule has 0 bridgehead atoms. The summed E-state index contributed by atoms with van der Waals surface area (Å²) in [6.07, 6.45) is 1.31. The van der Waals surface area contributed by atoms with Crippen LogP contribution in [0.4, 0.5) is 0 Å². The van der Waals surface area contributed by atoms with E-state index in [9.17, 15) is 4.79 Å². The van der Waals surface area contributed by atoms with E-state index in [0.717, 1.165) is 24.9 Å². The predicted molar refractivity (Wildman–Crippen MR) is 71.4 cm³/mol. The van der Waals surface area contributed by atoms with Crippen molar-refractivity contribution in [1.82, 2.24) is 4.90 Å². The minimum absolute atomic E-state index is 0.0706. The van der Waals surface area contributed by atoms with Crippen LogP contribution in [-0.2, 0) is 14.3 Å². The van der Waals surface area contributed by atoms with Crippen LogP contribution in [0, 0.1) is 11.8 Å². The van der Waals surface area contributed by atoms with Crippen molar-refractivity contribution in [2.24, 2.45) is 11.8 Å². The number of nitrogens with zero attached hydrogens (tertiary/aromatic N) is 1. The van der Waals surface area contributed by atoms with E-state index in [0.29, 0.717) is 19.3 Å². The molecule has 3 atom stereocenters. The minimum atomic E-state index is -0.272. The zero-order valence-electron chi connectivity index (χ0n) is 12.1. The number of rotatable bonds is 6. The second kappa shape index (κ2) is 7.74. The van der Waals surface area contributed by atoms with Crippen LogP contribution in [0.15, 0.2) is 0 Å². The topological polar surface area (TPSA) is 38.8 Å². The Bertz CT molecular complexity index is 257. The molecule has 0 spiro atoms. The van der Waals surface area contributed by atoms with Crippen LogP contribution in [-0.4, -0.2) is 49.8 Å². The molecule has 1 fully saturated rings. The van der Waals surface area contributed by atoms with Gasteiger partial charge in [0.1, 0.15) is 6.61 Å². The van der Waals surface area contributed by atoms with E-state index < -0.39 is 0 Å². The highest BCUT2D eigenvalue weighted by molar-refractivity contribution is 5.70. The summed E-state index contributed by atoms with van der Waals surface area (Å²) in [5.74, 6) is 1.21. The summed E-state index contributed by atoms with van der Waals surface area (Å²) < 4.78 is 10.2. The average molecular weight is 257 g/mol. The summed E-state index contributed by atoms with van der Waals surface area (Å²) in [4.78, 5) is 13.6. The molecule has 4 heteroatoms. The van der Waals surface area contributed by atoms with Gasteiger partial charge in [0.25, 0.3) is 0 Å². The molecule has 1 rings (SSSR count). The molecule has 0 aromatic rings. The molecular formula is C14H27NO3. The third-order valence-electron chi connectivity index (χ3n) is 3.77. The molecule has 0 aromatic heterocycles. The van der Waals surface area contributed by atoms with E-state index in [1.165, 1.54) is 6.42 Å². The average Bonchev–Trinajstić information content (AvgIpc) is 2.31. The van der Waals surface area contributed by atoms with Crippen molar-refractivity contribution in [3.63, 3.8) is 0 Å². The summed E-state index contributed by atoms with van der Waals surface area (Å²) in [6.45, 7) is 11.8. The maximum atomic E-state index is 11.1. The lowest BCUT2D eigenvalue weighted by Gasteiger charge is -2.41. The van der Waals surface area contributed by atoms with Crippen LogP contribution in [0.25, 0.3) is 0 Å². The Morgan fingerprint density at radius 3 is 2.72 bits per heavy atom. The Labute approximate surface area is 111 Å². The third kappa shape index (κ3) is 4.94. The van der Waals surface area contributed by atoms with E-state index in [4.69, 9.17) is 9.47 Å². The molecule has 106 valence electrons. The number of hydrogen-bond acceptors (Lipinski definition) is 4. The van der Waals surface area contributed by atoms with Gasteiger partial charge in [-0.05, 0) is 32.1 Å². The highest BCUT2D eigenvalue weighted by Gasteiger charge is 2.28. The number of carbonyl (C=O) groups excluding carboxylic acids is 1. The van der Waals surface area contributed by atoms with Gasteiger partial charge in [-0.2, -0.15) is 0 Å². The zero-order chi connectivity index (χ0) is 13.5. The molecule has 4 nitrogen and oxygen atoms in total. The highest BCUT2D eigenvalue weighted by Crippen LogP contribution is 2.26. The van der Waals surface area contributed by atoms with Crippen molar-refractivity contribution in [3.8, 4) is 0 Å². The van der Waals surface area contributed by atoms with Gasteiger partial charge in [-0.15, -0.1) is 0 Å². The minimum Gasteiger partial charge on any atom is -0.464 e. The van der Waals surface area contributed by atoms with E-state index in [-0.39, 0.29) is 12.6 Å². The van der Waals surface area contributed by atoms with Crippen molar-refractivity contribution in [3.05, 3.63) is 0 Å². The number of piperidine rings is 1. The summed E-state index contributed by atoms with van der Waals surface area (Å²) in [7, 11) is 0. The molecule has 1 aliphatic heterocycles. The normalized spacial score (nSPS) is 29.2. The first-order chi connectivity index (χ1) is 8.54. The summed E-state index contributed by atoms with van der Waals surface area (Å²) >= 11 is 0. The summed E-state index contributed by atoms with van der Waals surface area (Å²) in [5, 5.41) is 0. The Morgan fingerprint density at radius 1 is 1.33 bits per heavy atom. The Morgan fingerprint density at radius 2 is 2.06 bits per heavy atom. The van der Waals surface area contributed by atoms with Crippen LogP contribution in [0.1, 0.15) is 34.1 Å². The first-order valence-electron chi connectivity index (χ1n) is 7.02.